The van der Waals surface area contributed by atoms with E-state index in [2.05, 4.69) is 61.3 Å². The van der Waals surface area contributed by atoms with Gasteiger partial charge in [-0.3, -0.25) is 9.69 Å². The average Bonchev–Trinajstić information content (AvgIpc) is 3.01. The van der Waals surface area contributed by atoms with Crippen LogP contribution < -0.4 is 0 Å². The van der Waals surface area contributed by atoms with Crippen molar-refractivity contribution in [2.45, 2.75) is 26.3 Å². The Labute approximate surface area is 155 Å². The van der Waals surface area contributed by atoms with Gasteiger partial charge < -0.3 is 9.88 Å². The van der Waals surface area contributed by atoms with Crippen molar-refractivity contribution < 1.29 is 4.79 Å². The fourth-order valence-electron chi connectivity index (χ4n) is 4.38. The number of hydrogen-bond donors (Lipinski definition) is 1. The van der Waals surface area contributed by atoms with Crippen LogP contribution >= 0.6 is 12.4 Å². The molecule has 1 aliphatic heterocycles. The third-order valence-electron chi connectivity index (χ3n) is 5.66. The van der Waals surface area contributed by atoms with E-state index in [-0.39, 0.29) is 24.2 Å². The summed E-state index contributed by atoms with van der Waals surface area (Å²) in [7, 11) is 2.15. The molecule has 0 fully saturated rings. The van der Waals surface area contributed by atoms with Gasteiger partial charge in [-0.2, -0.15) is 0 Å². The molecule has 4 nitrogen and oxygen atoms in total. The molecule has 0 bridgehead atoms. The zero-order valence-electron chi connectivity index (χ0n) is 15.1. The van der Waals surface area contributed by atoms with Crippen molar-refractivity contribution in [2.24, 2.45) is 5.92 Å². The summed E-state index contributed by atoms with van der Waals surface area (Å²) >= 11 is 0. The van der Waals surface area contributed by atoms with E-state index in [0.29, 0.717) is 6.04 Å². The Hall–Kier alpha value is -1.78. The van der Waals surface area contributed by atoms with Gasteiger partial charge in [-0.05, 0) is 50.1 Å². The van der Waals surface area contributed by atoms with Crippen molar-refractivity contribution in [3.05, 3.63) is 41.6 Å². The molecule has 1 aromatic heterocycles. The number of halogens is 1. The van der Waals surface area contributed by atoms with Crippen LogP contribution in [-0.4, -0.2) is 53.4 Å². The number of benzene rings is 1. The highest BCUT2D eigenvalue weighted by Gasteiger charge is 2.36. The lowest BCUT2D eigenvalue weighted by atomic mass is 9.79. The highest BCUT2D eigenvalue weighted by Crippen LogP contribution is 2.40. The average molecular weight is 360 g/mol. The van der Waals surface area contributed by atoms with E-state index >= 15 is 0 Å². The normalized spacial score (nSPS) is 22.1. The lowest BCUT2D eigenvalue weighted by Crippen LogP contribution is -2.47. The minimum Gasteiger partial charge on any atom is -0.361 e. The Morgan fingerprint density at radius 1 is 1.32 bits per heavy atom. The van der Waals surface area contributed by atoms with Crippen molar-refractivity contribution in [3.8, 4) is 0 Å². The van der Waals surface area contributed by atoms with E-state index in [4.69, 9.17) is 0 Å². The number of aromatic nitrogens is 1. The number of fused-ring (bicyclic) bond motifs is 2. The Bertz CT molecular complexity index is 821. The minimum atomic E-state index is -0.0445. The van der Waals surface area contributed by atoms with Gasteiger partial charge in [0, 0.05) is 42.8 Å². The summed E-state index contributed by atoms with van der Waals surface area (Å²) in [6.07, 6.45) is 5.41. The fraction of sp³-hybridized carbons (Fsp3) is 0.450. The van der Waals surface area contributed by atoms with Crippen molar-refractivity contribution in [2.75, 3.05) is 26.7 Å². The van der Waals surface area contributed by atoms with Crippen LogP contribution in [0.5, 0.6) is 0 Å². The molecule has 2 aliphatic rings. The van der Waals surface area contributed by atoms with E-state index in [0.717, 1.165) is 26.1 Å². The van der Waals surface area contributed by atoms with Crippen LogP contribution in [0.1, 0.15) is 25.0 Å². The summed E-state index contributed by atoms with van der Waals surface area (Å²) in [4.78, 5) is 20.6. The number of carbonyl (C=O) groups is 1. The summed E-state index contributed by atoms with van der Waals surface area (Å²) in [5.74, 6) is 0.210. The van der Waals surface area contributed by atoms with E-state index in [1.807, 2.05) is 4.90 Å². The summed E-state index contributed by atoms with van der Waals surface area (Å²) < 4.78 is 0. The summed E-state index contributed by atoms with van der Waals surface area (Å²) in [6.45, 7) is 6.47. The zero-order chi connectivity index (χ0) is 16.8. The first-order chi connectivity index (χ1) is 11.6. The van der Waals surface area contributed by atoms with Gasteiger partial charge in [-0.1, -0.05) is 18.2 Å². The molecule has 0 unspecified atom stereocenters. The van der Waals surface area contributed by atoms with Gasteiger partial charge in [-0.15, -0.1) is 12.4 Å². The van der Waals surface area contributed by atoms with Gasteiger partial charge >= 0.3 is 0 Å². The molecule has 1 aromatic carbocycles. The Morgan fingerprint density at radius 2 is 2.08 bits per heavy atom. The molecule has 2 heterocycles. The number of amides is 1. The summed E-state index contributed by atoms with van der Waals surface area (Å²) in [5.41, 5.74) is 5.21. The number of likely N-dealkylation sites (N-methyl/N-ethyl adjacent to an activating group) is 1. The van der Waals surface area contributed by atoms with Gasteiger partial charge in [0.05, 0.1) is 5.92 Å². The quantitative estimate of drug-likeness (QED) is 0.913. The third kappa shape index (κ3) is 2.77. The van der Waals surface area contributed by atoms with E-state index < -0.39 is 0 Å². The second kappa shape index (κ2) is 6.85. The molecule has 0 spiro atoms. The van der Waals surface area contributed by atoms with Crippen LogP contribution in [0, 0.1) is 5.92 Å². The molecule has 0 saturated carbocycles. The highest BCUT2D eigenvalue weighted by atomic mass is 35.5. The molecule has 4 rings (SSSR count). The maximum absolute atomic E-state index is 12.9. The molecule has 1 N–H and O–H groups in total. The minimum absolute atomic E-state index is 0. The topological polar surface area (TPSA) is 39.3 Å². The van der Waals surface area contributed by atoms with E-state index in [9.17, 15) is 4.79 Å². The molecule has 0 saturated heterocycles. The molecule has 1 amide bonds. The first-order valence-electron chi connectivity index (χ1n) is 8.94. The molecule has 0 radical (unpaired) electrons. The van der Waals surface area contributed by atoms with Crippen molar-refractivity contribution in [3.63, 3.8) is 0 Å². The van der Waals surface area contributed by atoms with E-state index in [1.54, 1.807) is 0 Å². The van der Waals surface area contributed by atoms with Crippen LogP contribution in [0.15, 0.2) is 30.5 Å². The Balaban J connectivity index is 0.00000182. The Morgan fingerprint density at radius 3 is 2.80 bits per heavy atom. The molecule has 25 heavy (non-hydrogen) atoms. The predicted octanol–water partition coefficient (Wildman–Crippen LogP) is 3.33. The summed E-state index contributed by atoms with van der Waals surface area (Å²) in [6, 6.07) is 6.82. The van der Waals surface area contributed by atoms with Crippen LogP contribution in [0.25, 0.3) is 16.5 Å². The summed E-state index contributed by atoms with van der Waals surface area (Å²) in [5, 5.41) is 1.34. The molecule has 2 aromatic rings. The first kappa shape index (κ1) is 18.0. The van der Waals surface area contributed by atoms with Crippen LogP contribution in [-0.2, 0) is 11.2 Å². The lowest BCUT2D eigenvalue weighted by molar-refractivity contribution is -0.134. The molecular weight excluding hydrogens is 334 g/mol. The second-order valence-corrected chi connectivity index (χ2v) is 6.94. The predicted molar refractivity (Wildman–Crippen MR) is 105 cm³/mol. The number of hydrogen-bond acceptors (Lipinski definition) is 2. The SMILES string of the molecule is CCN(CC)C(=O)[C@@H]1C=C2c3cccc4[nH]cc(c34)C[C@H]2N(C)C1.Cl. The standard InChI is InChI=1S/C20H25N3O.ClH/c1-4-23(5-2)20(24)14-9-16-15-7-6-8-17-19(15)13(11-21-17)10-18(16)22(3)12-14;/h6-9,11,14,18,21H,4-5,10,12H2,1-3H3;1H/t14-,18-;/m1./s1. The number of H-pyrrole nitrogens is 1. The van der Waals surface area contributed by atoms with Crippen molar-refractivity contribution >= 4 is 34.8 Å². The van der Waals surface area contributed by atoms with Crippen molar-refractivity contribution in [1.29, 1.82) is 0 Å². The van der Waals surface area contributed by atoms with E-state index in [1.165, 1.54) is 27.6 Å². The number of carbonyl (C=O) groups excluding carboxylic acids is 1. The van der Waals surface area contributed by atoms with Crippen molar-refractivity contribution in [1.82, 2.24) is 14.8 Å². The molecule has 1 aliphatic carbocycles. The largest absolute Gasteiger partial charge is 0.361 e. The first-order valence-corrected chi connectivity index (χ1v) is 8.94. The van der Waals surface area contributed by atoms with Gasteiger partial charge in [-0.25, -0.2) is 0 Å². The number of nitrogens with one attached hydrogen (secondary N) is 1. The van der Waals surface area contributed by atoms with Crippen LogP contribution in [0.3, 0.4) is 0 Å². The maximum Gasteiger partial charge on any atom is 0.230 e. The zero-order valence-corrected chi connectivity index (χ0v) is 15.9. The Kier molecular flexibility index (Phi) is 4.94. The third-order valence-corrected chi connectivity index (χ3v) is 5.66. The fourth-order valence-corrected chi connectivity index (χ4v) is 4.38. The molecule has 5 heteroatoms. The number of aromatic amines is 1. The van der Waals surface area contributed by atoms with Crippen LogP contribution in [0.2, 0.25) is 0 Å². The highest BCUT2D eigenvalue weighted by molar-refractivity contribution is 5.99. The lowest BCUT2D eigenvalue weighted by Gasteiger charge is -2.40. The number of rotatable bonds is 3. The van der Waals surface area contributed by atoms with Crippen LogP contribution in [0.4, 0.5) is 0 Å². The smallest absolute Gasteiger partial charge is 0.230 e. The molecule has 134 valence electrons. The maximum atomic E-state index is 12.9. The molecule has 2 atom stereocenters. The monoisotopic (exact) mass is 359 g/mol. The molecular formula is C20H26ClN3O. The van der Waals surface area contributed by atoms with Gasteiger partial charge in [0.25, 0.3) is 0 Å². The van der Waals surface area contributed by atoms with Gasteiger partial charge in [0.1, 0.15) is 0 Å². The van der Waals surface area contributed by atoms with Gasteiger partial charge in [0.2, 0.25) is 5.91 Å². The second-order valence-electron chi connectivity index (χ2n) is 6.94. The van der Waals surface area contributed by atoms with Gasteiger partial charge in [0.15, 0.2) is 0 Å². The number of nitrogens with zero attached hydrogens (tertiary/aromatic N) is 2.